The normalized spacial score (nSPS) is 12.3. The Labute approximate surface area is 111 Å². The summed E-state index contributed by atoms with van der Waals surface area (Å²) in [7, 11) is 3.88. The lowest BCUT2D eigenvalue weighted by Gasteiger charge is -2.28. The second-order valence-corrected chi connectivity index (χ2v) is 4.86. The molecule has 0 N–H and O–H groups in total. The Hall–Kier alpha value is -1.37. The maximum absolute atomic E-state index is 12.4. The van der Waals surface area contributed by atoms with Gasteiger partial charge in [0.05, 0.1) is 0 Å². The van der Waals surface area contributed by atoms with Crippen LogP contribution in [0.2, 0.25) is 0 Å². The summed E-state index contributed by atoms with van der Waals surface area (Å²) in [6.07, 6.45) is -4.45. The number of halogens is 3. The highest BCUT2D eigenvalue weighted by molar-refractivity contribution is 5.38. The number of aromatic nitrogens is 2. The van der Waals surface area contributed by atoms with Crippen LogP contribution in [0.25, 0.3) is 0 Å². The number of anilines is 1. The van der Waals surface area contributed by atoms with Crippen LogP contribution in [-0.2, 0) is 6.18 Å². The summed E-state index contributed by atoms with van der Waals surface area (Å²) < 4.78 is 37.2. The molecule has 0 amide bonds. The first-order valence-corrected chi connectivity index (χ1v) is 6.04. The molecule has 0 aliphatic rings. The molecule has 4 nitrogen and oxygen atoms in total. The number of rotatable bonds is 5. The minimum Gasteiger partial charge on any atom is -0.351 e. The Balaban J connectivity index is 2.86. The van der Waals surface area contributed by atoms with Crippen LogP contribution < -0.4 is 4.90 Å². The van der Waals surface area contributed by atoms with Crippen LogP contribution in [-0.4, -0.2) is 48.3 Å². The predicted octanol–water partition coefficient (Wildman–Crippen LogP) is 2.27. The van der Waals surface area contributed by atoms with E-state index in [1.54, 1.807) is 0 Å². The van der Waals surface area contributed by atoms with Crippen LogP contribution in [0.1, 0.15) is 19.5 Å². The van der Waals surface area contributed by atoms with E-state index in [9.17, 15) is 13.2 Å². The zero-order valence-electron chi connectivity index (χ0n) is 11.6. The van der Waals surface area contributed by atoms with Crippen molar-refractivity contribution < 1.29 is 13.2 Å². The quantitative estimate of drug-likeness (QED) is 0.826. The average molecular weight is 276 g/mol. The number of likely N-dealkylation sites (N-methyl/N-ethyl adjacent to an activating group) is 1. The number of alkyl halides is 3. The third kappa shape index (κ3) is 4.66. The fourth-order valence-corrected chi connectivity index (χ4v) is 1.57. The van der Waals surface area contributed by atoms with Gasteiger partial charge in [-0.15, -0.1) is 10.2 Å². The van der Waals surface area contributed by atoms with E-state index in [0.717, 1.165) is 12.6 Å². The molecule has 0 unspecified atom stereocenters. The third-order valence-corrected chi connectivity index (χ3v) is 2.65. The number of hydrogen-bond acceptors (Lipinski definition) is 4. The van der Waals surface area contributed by atoms with Crippen molar-refractivity contribution in [2.24, 2.45) is 0 Å². The summed E-state index contributed by atoms with van der Waals surface area (Å²) in [5.74, 6) is 0.463. The van der Waals surface area contributed by atoms with Gasteiger partial charge in [0.2, 0.25) is 0 Å². The Morgan fingerprint density at radius 2 is 1.74 bits per heavy atom. The molecule has 0 fully saturated rings. The lowest BCUT2D eigenvalue weighted by atomic mass is 10.3. The van der Waals surface area contributed by atoms with E-state index >= 15 is 0 Å². The zero-order valence-corrected chi connectivity index (χ0v) is 11.6. The van der Waals surface area contributed by atoms with Gasteiger partial charge in [0.25, 0.3) is 0 Å². The molecular formula is C12H19F3N4. The molecule has 19 heavy (non-hydrogen) atoms. The average Bonchev–Trinajstić information content (AvgIpc) is 2.27. The van der Waals surface area contributed by atoms with Crippen molar-refractivity contribution in [3.63, 3.8) is 0 Å². The second kappa shape index (κ2) is 6.18. The molecule has 0 radical (unpaired) electrons. The van der Waals surface area contributed by atoms with Crippen molar-refractivity contribution >= 4 is 5.82 Å². The van der Waals surface area contributed by atoms with E-state index in [1.807, 2.05) is 37.7 Å². The minimum absolute atomic E-state index is 0.144. The van der Waals surface area contributed by atoms with Gasteiger partial charge in [-0.2, -0.15) is 13.2 Å². The van der Waals surface area contributed by atoms with Crippen LogP contribution in [0, 0.1) is 0 Å². The maximum Gasteiger partial charge on any atom is 0.435 e. The lowest BCUT2D eigenvalue weighted by Crippen LogP contribution is -2.37. The minimum atomic E-state index is -4.45. The van der Waals surface area contributed by atoms with Crippen molar-refractivity contribution in [1.82, 2.24) is 15.1 Å². The molecule has 0 saturated heterocycles. The van der Waals surface area contributed by atoms with Gasteiger partial charge in [0, 0.05) is 19.1 Å². The van der Waals surface area contributed by atoms with Gasteiger partial charge in [-0.1, -0.05) is 0 Å². The molecule has 1 aromatic heterocycles. The van der Waals surface area contributed by atoms with E-state index in [-0.39, 0.29) is 6.04 Å². The fourth-order valence-electron chi connectivity index (χ4n) is 1.57. The number of hydrogen-bond donors (Lipinski definition) is 0. The van der Waals surface area contributed by atoms with Crippen LogP contribution >= 0.6 is 0 Å². The molecule has 0 spiro atoms. The van der Waals surface area contributed by atoms with E-state index < -0.39 is 11.9 Å². The fraction of sp³-hybridized carbons (Fsp3) is 0.667. The highest BCUT2D eigenvalue weighted by Crippen LogP contribution is 2.27. The highest BCUT2D eigenvalue weighted by Gasteiger charge is 2.33. The molecule has 0 aromatic carbocycles. The Morgan fingerprint density at radius 1 is 1.11 bits per heavy atom. The Bertz CT molecular complexity index is 387. The van der Waals surface area contributed by atoms with E-state index in [0.29, 0.717) is 12.4 Å². The van der Waals surface area contributed by atoms with Crippen LogP contribution in [0.4, 0.5) is 19.0 Å². The van der Waals surface area contributed by atoms with Gasteiger partial charge < -0.3 is 9.80 Å². The molecule has 7 heteroatoms. The lowest BCUT2D eigenvalue weighted by molar-refractivity contribution is -0.141. The van der Waals surface area contributed by atoms with Gasteiger partial charge in [-0.05, 0) is 40.1 Å². The van der Waals surface area contributed by atoms with Crippen molar-refractivity contribution in [1.29, 1.82) is 0 Å². The van der Waals surface area contributed by atoms with Gasteiger partial charge in [0.15, 0.2) is 11.5 Å². The Kier molecular flexibility index (Phi) is 5.11. The second-order valence-electron chi connectivity index (χ2n) is 4.86. The maximum atomic E-state index is 12.4. The van der Waals surface area contributed by atoms with Gasteiger partial charge >= 0.3 is 6.18 Å². The summed E-state index contributed by atoms with van der Waals surface area (Å²) in [5.41, 5.74) is -0.965. The molecule has 108 valence electrons. The smallest absolute Gasteiger partial charge is 0.351 e. The Morgan fingerprint density at radius 3 is 2.11 bits per heavy atom. The summed E-state index contributed by atoms with van der Waals surface area (Å²) in [5, 5.41) is 6.93. The molecule has 0 atom stereocenters. The van der Waals surface area contributed by atoms with Crippen molar-refractivity contribution in [2.45, 2.75) is 26.1 Å². The predicted molar refractivity (Wildman–Crippen MR) is 68.1 cm³/mol. The zero-order chi connectivity index (χ0) is 14.6. The third-order valence-electron chi connectivity index (χ3n) is 2.65. The first-order chi connectivity index (χ1) is 8.71. The largest absolute Gasteiger partial charge is 0.435 e. The molecule has 0 aliphatic heterocycles. The molecule has 1 aromatic rings. The van der Waals surface area contributed by atoms with Crippen LogP contribution in [0.15, 0.2) is 12.1 Å². The summed E-state index contributed by atoms with van der Waals surface area (Å²) in [4.78, 5) is 3.93. The van der Waals surface area contributed by atoms with Gasteiger partial charge in [-0.3, -0.25) is 0 Å². The van der Waals surface area contributed by atoms with Crippen LogP contribution in [0.5, 0.6) is 0 Å². The first kappa shape index (κ1) is 15.7. The van der Waals surface area contributed by atoms with Crippen molar-refractivity contribution in [2.75, 3.05) is 32.1 Å². The van der Waals surface area contributed by atoms with E-state index in [2.05, 4.69) is 10.2 Å². The molecular weight excluding hydrogens is 257 g/mol. The topological polar surface area (TPSA) is 32.3 Å². The summed E-state index contributed by atoms with van der Waals surface area (Å²) >= 11 is 0. The molecule has 0 saturated carbocycles. The molecule has 1 heterocycles. The SMILES string of the molecule is CC(C)N(CCN(C)C)c1ccc(C(F)(F)F)nn1. The van der Waals surface area contributed by atoms with Crippen molar-refractivity contribution in [3.8, 4) is 0 Å². The van der Waals surface area contributed by atoms with Gasteiger partial charge in [0.1, 0.15) is 0 Å². The van der Waals surface area contributed by atoms with E-state index in [1.165, 1.54) is 6.07 Å². The molecule has 1 rings (SSSR count). The monoisotopic (exact) mass is 276 g/mol. The highest BCUT2D eigenvalue weighted by atomic mass is 19.4. The van der Waals surface area contributed by atoms with Crippen LogP contribution in [0.3, 0.4) is 0 Å². The van der Waals surface area contributed by atoms with Gasteiger partial charge in [-0.25, -0.2) is 0 Å². The summed E-state index contributed by atoms with van der Waals surface area (Å²) in [6, 6.07) is 2.48. The van der Waals surface area contributed by atoms with Crippen molar-refractivity contribution in [3.05, 3.63) is 17.8 Å². The first-order valence-electron chi connectivity index (χ1n) is 6.04. The van der Waals surface area contributed by atoms with E-state index in [4.69, 9.17) is 0 Å². The number of nitrogens with zero attached hydrogens (tertiary/aromatic N) is 4. The molecule has 0 bridgehead atoms. The summed E-state index contributed by atoms with van der Waals surface area (Å²) in [6.45, 7) is 5.41. The molecule has 0 aliphatic carbocycles. The standard InChI is InChI=1S/C12H19F3N4/c1-9(2)19(8-7-18(3)4)11-6-5-10(16-17-11)12(13,14)15/h5-6,9H,7-8H2,1-4H3.